The fourth-order valence-corrected chi connectivity index (χ4v) is 2.29. The molecule has 0 saturated carbocycles. The Bertz CT molecular complexity index is 805. The van der Waals surface area contributed by atoms with E-state index in [1.54, 1.807) is 12.4 Å². The van der Waals surface area contributed by atoms with E-state index in [1.807, 2.05) is 18.2 Å². The van der Waals surface area contributed by atoms with Crippen LogP contribution in [0.5, 0.6) is 0 Å². The molecule has 0 amide bonds. The molecule has 1 aromatic rings. The summed E-state index contributed by atoms with van der Waals surface area (Å²) in [6.07, 6.45) is 0.00880. The maximum atomic E-state index is 13.2. The number of unbranched alkanes of at least 4 members (excludes halogenated alkanes) is 1. The van der Waals surface area contributed by atoms with Gasteiger partial charge in [-0.05, 0) is 18.6 Å². The summed E-state index contributed by atoms with van der Waals surface area (Å²) in [5, 5.41) is -7.40. The second kappa shape index (κ2) is 9.61. The van der Waals surface area contributed by atoms with Crippen LogP contribution in [0.1, 0.15) is 26.2 Å². The van der Waals surface area contributed by atoms with Crippen LogP contribution in [0.15, 0.2) is 30.6 Å². The van der Waals surface area contributed by atoms with E-state index < -0.39 is 57.8 Å². The van der Waals surface area contributed by atoms with E-state index in [0.717, 1.165) is 6.92 Å². The normalized spacial score (nSPS) is 14.6. The molecular formula is C15H15F12NO3S. The second-order valence-corrected chi connectivity index (χ2v) is 7.58. The molecule has 0 bridgehead atoms. The van der Waals surface area contributed by atoms with Gasteiger partial charge in [-0.3, -0.25) is 9.54 Å². The van der Waals surface area contributed by atoms with Crippen molar-refractivity contribution in [3.05, 3.63) is 30.6 Å². The number of hydrogen-bond donors (Lipinski definition) is 1. The maximum Gasteiger partial charge on any atom is 0.438 e. The highest BCUT2D eigenvalue weighted by Crippen LogP contribution is 2.61. The Balaban J connectivity index is 0.00000136. The molecule has 0 atom stereocenters. The van der Waals surface area contributed by atoms with Crippen LogP contribution in [0.3, 0.4) is 0 Å². The number of aromatic nitrogens is 1. The Kier molecular flexibility index (Phi) is 9.07. The third-order valence-electron chi connectivity index (χ3n) is 3.74. The first kappa shape index (κ1) is 30.2. The molecule has 1 aromatic heterocycles. The molecule has 1 N–H and O–H groups in total. The van der Waals surface area contributed by atoms with Crippen LogP contribution < -0.4 is 0 Å². The minimum atomic E-state index is -8.02. The zero-order chi connectivity index (χ0) is 25.9. The van der Waals surface area contributed by atoms with Crippen LogP contribution in [0.2, 0.25) is 0 Å². The summed E-state index contributed by atoms with van der Waals surface area (Å²) in [5.41, 5.74) is 0. The summed E-state index contributed by atoms with van der Waals surface area (Å²) in [5.74, 6) is -37.1. The predicted molar refractivity (Wildman–Crippen MR) is 85.0 cm³/mol. The first-order valence-corrected chi connectivity index (χ1v) is 9.59. The molecule has 32 heavy (non-hydrogen) atoms. The van der Waals surface area contributed by atoms with Gasteiger partial charge in [0.15, 0.2) is 0 Å². The minimum Gasteiger partial charge on any atom is -0.281 e. The number of rotatable bonds is 9. The molecule has 0 fully saturated rings. The van der Waals surface area contributed by atoms with Crippen LogP contribution in [0, 0.1) is 0 Å². The topological polar surface area (TPSA) is 67.3 Å². The van der Waals surface area contributed by atoms with Crippen molar-refractivity contribution in [1.29, 1.82) is 0 Å². The molecule has 0 aliphatic heterocycles. The van der Waals surface area contributed by atoms with Crippen LogP contribution in [-0.2, 0) is 10.1 Å². The van der Waals surface area contributed by atoms with Gasteiger partial charge in [0, 0.05) is 18.8 Å². The van der Waals surface area contributed by atoms with E-state index in [1.165, 1.54) is 0 Å². The molecule has 0 unspecified atom stereocenters. The Morgan fingerprint density at radius 3 is 1.41 bits per heavy atom. The van der Waals surface area contributed by atoms with E-state index >= 15 is 0 Å². The Labute approximate surface area is 173 Å². The monoisotopic (exact) mass is 517 g/mol. The van der Waals surface area contributed by atoms with Gasteiger partial charge < -0.3 is 0 Å². The van der Waals surface area contributed by atoms with Gasteiger partial charge in [0.2, 0.25) is 0 Å². The molecule has 0 saturated heterocycles. The largest absolute Gasteiger partial charge is 0.438 e. The van der Waals surface area contributed by atoms with Crippen LogP contribution >= 0.6 is 0 Å². The van der Waals surface area contributed by atoms with Crippen LogP contribution in [-0.4, -0.2) is 52.8 Å². The smallest absolute Gasteiger partial charge is 0.281 e. The van der Waals surface area contributed by atoms with Gasteiger partial charge in [0.25, 0.3) is 0 Å². The summed E-state index contributed by atoms with van der Waals surface area (Å²) in [7, 11) is -7.53. The zero-order valence-electron chi connectivity index (χ0n) is 15.7. The van der Waals surface area contributed by atoms with Crippen molar-refractivity contribution in [1.82, 2.24) is 4.98 Å². The van der Waals surface area contributed by atoms with Crippen LogP contribution in [0.25, 0.3) is 0 Å². The zero-order valence-corrected chi connectivity index (χ0v) is 16.5. The lowest BCUT2D eigenvalue weighted by atomic mass is 9.92. The molecule has 17 heteroatoms. The molecule has 1 heterocycles. The van der Waals surface area contributed by atoms with Gasteiger partial charge in [0.1, 0.15) is 0 Å². The highest BCUT2D eigenvalue weighted by molar-refractivity contribution is 7.87. The van der Waals surface area contributed by atoms with Crippen molar-refractivity contribution in [3.63, 3.8) is 0 Å². The molecule has 0 aromatic carbocycles. The number of nitrogens with zero attached hydrogens (tertiary/aromatic N) is 1. The van der Waals surface area contributed by atoms with E-state index in [4.69, 9.17) is 4.55 Å². The quantitative estimate of drug-likeness (QED) is 0.327. The molecule has 0 spiro atoms. The van der Waals surface area contributed by atoms with E-state index in [-0.39, 0.29) is 6.42 Å². The number of alkyl halides is 12. The standard InChI is InChI=1S/C10H10F12O3S.C5H5N/c1-2-3-4-5(11,12)6(13,14)7(15,16)8(17,18)9(19,20)10(21,22)26(23,24)25;1-2-4-6-5-3-1/h2-4H2,1H3,(H,23,24,25);1-5H. The summed E-state index contributed by atoms with van der Waals surface area (Å²) in [6, 6.07) is 5.72. The summed E-state index contributed by atoms with van der Waals surface area (Å²) < 4.78 is 185. The first-order chi connectivity index (χ1) is 14.1. The molecule has 0 aliphatic rings. The van der Waals surface area contributed by atoms with Gasteiger partial charge in [-0.25, -0.2) is 0 Å². The Hall–Kier alpha value is -1.78. The molecule has 4 nitrogen and oxygen atoms in total. The van der Waals surface area contributed by atoms with Crippen molar-refractivity contribution < 1.29 is 65.7 Å². The number of pyridine rings is 1. The third-order valence-corrected chi connectivity index (χ3v) is 4.65. The van der Waals surface area contributed by atoms with Gasteiger partial charge in [-0.1, -0.05) is 19.4 Å². The van der Waals surface area contributed by atoms with Gasteiger partial charge in [-0.2, -0.15) is 61.1 Å². The van der Waals surface area contributed by atoms with Gasteiger partial charge in [0.05, 0.1) is 0 Å². The highest BCUT2D eigenvalue weighted by Gasteiger charge is 2.91. The first-order valence-electron chi connectivity index (χ1n) is 8.15. The fraction of sp³-hybridized carbons (Fsp3) is 0.667. The third kappa shape index (κ3) is 5.23. The number of hydrogen-bond acceptors (Lipinski definition) is 3. The second-order valence-electron chi connectivity index (χ2n) is 6.12. The van der Waals surface area contributed by atoms with Crippen molar-refractivity contribution >= 4 is 10.1 Å². The average molecular weight is 517 g/mol. The SMILES string of the molecule is CCCCC(F)(F)C(F)(F)C(F)(F)C(F)(F)C(F)(F)C(F)(F)S(=O)(=O)O.c1ccncc1. The highest BCUT2D eigenvalue weighted by atomic mass is 32.2. The van der Waals surface area contributed by atoms with Crippen molar-refractivity contribution in [2.45, 2.75) is 61.1 Å². The van der Waals surface area contributed by atoms with Gasteiger partial charge in [-0.15, -0.1) is 0 Å². The molecule has 0 radical (unpaired) electrons. The summed E-state index contributed by atoms with van der Waals surface area (Å²) in [6.45, 7) is 1.09. The maximum absolute atomic E-state index is 13.2. The lowest BCUT2D eigenvalue weighted by Gasteiger charge is -2.40. The Morgan fingerprint density at radius 1 is 0.719 bits per heavy atom. The van der Waals surface area contributed by atoms with Crippen LogP contribution in [0.4, 0.5) is 52.7 Å². The van der Waals surface area contributed by atoms with E-state index in [2.05, 4.69) is 4.98 Å². The Morgan fingerprint density at radius 2 is 1.12 bits per heavy atom. The summed E-state index contributed by atoms with van der Waals surface area (Å²) in [4.78, 5) is 3.78. The summed E-state index contributed by atoms with van der Waals surface area (Å²) >= 11 is 0. The van der Waals surface area contributed by atoms with E-state index in [9.17, 15) is 61.1 Å². The average Bonchev–Trinajstić information content (AvgIpc) is 2.66. The lowest BCUT2D eigenvalue weighted by Crippen LogP contribution is -2.71. The van der Waals surface area contributed by atoms with E-state index in [0.29, 0.717) is 0 Å². The minimum absolute atomic E-state index is 0.343. The fourth-order valence-electron chi connectivity index (χ4n) is 1.84. The van der Waals surface area contributed by atoms with Crippen molar-refractivity contribution in [2.75, 3.05) is 0 Å². The number of halogens is 12. The van der Waals surface area contributed by atoms with Gasteiger partial charge >= 0.3 is 45.0 Å². The molecular weight excluding hydrogens is 502 g/mol. The molecule has 188 valence electrons. The predicted octanol–water partition coefficient (Wildman–Crippen LogP) is 5.92. The molecule has 0 aliphatic carbocycles. The molecule has 1 rings (SSSR count). The van der Waals surface area contributed by atoms with Crippen molar-refractivity contribution in [3.8, 4) is 0 Å². The van der Waals surface area contributed by atoms with Crippen molar-refractivity contribution in [2.24, 2.45) is 0 Å². The lowest BCUT2D eigenvalue weighted by molar-refractivity contribution is -0.417.